The molecule has 0 radical (unpaired) electrons. The molecule has 0 saturated carbocycles. The standard InChI is InChI=1S/C18H26N2O5S/c1-24-14-15-4-2-5-16(12-15)18(21)19-7-3-6-17(13-19)26(22,23)20-8-10-25-11-9-20/h2,4-5,12,17H,3,6-11,13-14H2,1H3/t17-/m0/s1. The summed E-state index contributed by atoms with van der Waals surface area (Å²) in [6, 6.07) is 7.31. The SMILES string of the molecule is COCc1cccc(C(=O)N2CCC[C@H](S(=O)(=O)N3CCOCC3)C2)c1. The second-order valence-electron chi connectivity index (χ2n) is 6.71. The van der Waals surface area contributed by atoms with Gasteiger partial charge in [-0.25, -0.2) is 8.42 Å². The molecule has 0 bridgehead atoms. The van der Waals surface area contributed by atoms with Crippen LogP contribution < -0.4 is 0 Å². The van der Waals surface area contributed by atoms with Gasteiger partial charge in [-0.05, 0) is 30.5 Å². The Labute approximate surface area is 154 Å². The van der Waals surface area contributed by atoms with Crippen LogP contribution in [0.3, 0.4) is 0 Å². The number of hydrogen-bond acceptors (Lipinski definition) is 5. The summed E-state index contributed by atoms with van der Waals surface area (Å²) >= 11 is 0. The zero-order valence-electron chi connectivity index (χ0n) is 15.1. The predicted octanol–water partition coefficient (Wildman–Crippen LogP) is 1.10. The normalized spacial score (nSPS) is 22.3. The Morgan fingerprint density at radius 1 is 1.27 bits per heavy atom. The molecule has 2 aliphatic rings. The monoisotopic (exact) mass is 382 g/mol. The number of rotatable bonds is 5. The average molecular weight is 382 g/mol. The molecular formula is C18H26N2O5S. The molecule has 0 aromatic heterocycles. The van der Waals surface area contributed by atoms with Crippen LogP contribution in [-0.4, -0.2) is 75.3 Å². The van der Waals surface area contributed by atoms with Crippen LogP contribution in [0.1, 0.15) is 28.8 Å². The number of morpholine rings is 1. The molecule has 0 N–H and O–H groups in total. The minimum absolute atomic E-state index is 0.121. The van der Waals surface area contributed by atoms with Gasteiger partial charge in [0.1, 0.15) is 0 Å². The number of methoxy groups -OCH3 is 1. The highest BCUT2D eigenvalue weighted by Gasteiger charge is 2.37. The third-order valence-corrected chi connectivity index (χ3v) is 7.21. The number of sulfonamides is 1. The second kappa shape index (κ2) is 8.47. The molecule has 7 nitrogen and oxygen atoms in total. The first-order valence-electron chi connectivity index (χ1n) is 8.96. The zero-order valence-corrected chi connectivity index (χ0v) is 15.9. The van der Waals surface area contributed by atoms with Crippen molar-refractivity contribution >= 4 is 15.9 Å². The van der Waals surface area contributed by atoms with E-state index in [2.05, 4.69) is 0 Å². The van der Waals surface area contributed by atoms with Gasteiger partial charge in [0, 0.05) is 38.9 Å². The summed E-state index contributed by atoms with van der Waals surface area (Å²) in [6.45, 7) is 2.92. The summed E-state index contributed by atoms with van der Waals surface area (Å²) < 4.78 is 37.7. The third kappa shape index (κ3) is 4.25. The highest BCUT2D eigenvalue weighted by Crippen LogP contribution is 2.23. The van der Waals surface area contributed by atoms with E-state index in [4.69, 9.17) is 9.47 Å². The van der Waals surface area contributed by atoms with Crippen molar-refractivity contribution in [3.8, 4) is 0 Å². The molecule has 2 fully saturated rings. The van der Waals surface area contributed by atoms with Gasteiger partial charge in [0.2, 0.25) is 10.0 Å². The minimum atomic E-state index is -3.41. The molecule has 3 rings (SSSR count). The second-order valence-corrected chi connectivity index (χ2v) is 8.92. The maximum Gasteiger partial charge on any atom is 0.253 e. The Kier molecular flexibility index (Phi) is 6.29. The van der Waals surface area contributed by atoms with E-state index in [-0.39, 0.29) is 12.5 Å². The summed E-state index contributed by atoms with van der Waals surface area (Å²) in [7, 11) is -1.80. The van der Waals surface area contributed by atoms with Crippen molar-refractivity contribution in [2.45, 2.75) is 24.7 Å². The summed E-state index contributed by atoms with van der Waals surface area (Å²) in [5, 5.41) is -0.541. The zero-order chi connectivity index (χ0) is 18.6. The van der Waals surface area contributed by atoms with Crippen LogP contribution in [0.25, 0.3) is 0 Å². The summed E-state index contributed by atoms with van der Waals surface area (Å²) in [5.41, 5.74) is 1.50. The van der Waals surface area contributed by atoms with Crippen LogP contribution in [0, 0.1) is 0 Å². The molecule has 1 amide bonds. The third-order valence-electron chi connectivity index (χ3n) is 4.90. The molecule has 0 spiro atoms. The molecule has 1 aromatic carbocycles. The fourth-order valence-corrected chi connectivity index (χ4v) is 5.43. The minimum Gasteiger partial charge on any atom is -0.380 e. The highest BCUT2D eigenvalue weighted by molar-refractivity contribution is 7.89. The molecule has 26 heavy (non-hydrogen) atoms. The Hall–Kier alpha value is -1.48. The number of likely N-dealkylation sites (tertiary alicyclic amines) is 1. The number of carbonyl (C=O) groups is 1. The Morgan fingerprint density at radius 3 is 2.77 bits per heavy atom. The lowest BCUT2D eigenvalue weighted by Crippen LogP contribution is -2.51. The lowest BCUT2D eigenvalue weighted by atomic mass is 10.1. The number of piperidine rings is 1. The molecule has 2 aliphatic heterocycles. The Balaban J connectivity index is 1.71. The van der Waals surface area contributed by atoms with Gasteiger partial charge >= 0.3 is 0 Å². The van der Waals surface area contributed by atoms with Crippen molar-refractivity contribution in [2.75, 3.05) is 46.5 Å². The van der Waals surface area contributed by atoms with E-state index in [1.807, 2.05) is 18.2 Å². The van der Waals surface area contributed by atoms with Crippen molar-refractivity contribution in [1.29, 1.82) is 0 Å². The quantitative estimate of drug-likeness (QED) is 0.762. The van der Waals surface area contributed by atoms with Gasteiger partial charge in [-0.15, -0.1) is 0 Å². The van der Waals surface area contributed by atoms with Gasteiger partial charge in [-0.1, -0.05) is 12.1 Å². The van der Waals surface area contributed by atoms with E-state index < -0.39 is 15.3 Å². The van der Waals surface area contributed by atoms with Gasteiger partial charge in [-0.3, -0.25) is 4.79 Å². The number of hydrogen-bond donors (Lipinski definition) is 0. The first-order valence-corrected chi connectivity index (χ1v) is 10.5. The molecule has 2 heterocycles. The maximum atomic E-state index is 12.9. The van der Waals surface area contributed by atoms with E-state index in [1.165, 1.54) is 4.31 Å². The van der Waals surface area contributed by atoms with E-state index in [0.717, 1.165) is 5.56 Å². The van der Waals surface area contributed by atoms with Gasteiger partial charge in [-0.2, -0.15) is 4.31 Å². The lowest BCUT2D eigenvalue weighted by Gasteiger charge is -2.36. The van der Waals surface area contributed by atoms with E-state index >= 15 is 0 Å². The van der Waals surface area contributed by atoms with Gasteiger partial charge < -0.3 is 14.4 Å². The predicted molar refractivity (Wildman–Crippen MR) is 97.4 cm³/mol. The molecule has 0 unspecified atom stereocenters. The number of nitrogens with zero attached hydrogens (tertiary/aromatic N) is 2. The number of benzene rings is 1. The van der Waals surface area contributed by atoms with Crippen molar-refractivity contribution in [2.24, 2.45) is 0 Å². The molecule has 144 valence electrons. The van der Waals surface area contributed by atoms with Crippen LogP contribution in [0.5, 0.6) is 0 Å². The first kappa shape index (κ1) is 19.3. The van der Waals surface area contributed by atoms with Gasteiger partial charge in [0.05, 0.1) is 25.1 Å². The topological polar surface area (TPSA) is 76.2 Å². The molecular weight excluding hydrogens is 356 g/mol. The summed E-state index contributed by atoms with van der Waals surface area (Å²) in [4.78, 5) is 14.5. The molecule has 1 atom stereocenters. The Bertz CT molecular complexity index is 731. The van der Waals surface area contributed by atoms with Crippen LogP contribution >= 0.6 is 0 Å². The maximum absolute atomic E-state index is 12.9. The van der Waals surface area contributed by atoms with E-state index in [9.17, 15) is 13.2 Å². The van der Waals surface area contributed by atoms with Crippen LogP contribution in [0.4, 0.5) is 0 Å². The van der Waals surface area contributed by atoms with Gasteiger partial charge in [0.15, 0.2) is 0 Å². The van der Waals surface area contributed by atoms with Crippen molar-refractivity contribution < 1.29 is 22.7 Å². The van der Waals surface area contributed by atoms with E-state index in [0.29, 0.717) is 57.9 Å². The number of carbonyl (C=O) groups excluding carboxylic acids is 1. The summed E-state index contributed by atoms with van der Waals surface area (Å²) in [5.74, 6) is -0.121. The van der Waals surface area contributed by atoms with Crippen molar-refractivity contribution in [3.63, 3.8) is 0 Å². The average Bonchev–Trinajstić information content (AvgIpc) is 2.69. The molecule has 8 heteroatoms. The molecule has 2 saturated heterocycles. The van der Waals surface area contributed by atoms with Gasteiger partial charge in [0.25, 0.3) is 5.91 Å². The smallest absolute Gasteiger partial charge is 0.253 e. The fourth-order valence-electron chi connectivity index (χ4n) is 3.52. The molecule has 0 aliphatic carbocycles. The number of ether oxygens (including phenoxy) is 2. The lowest BCUT2D eigenvalue weighted by molar-refractivity contribution is 0.0685. The highest BCUT2D eigenvalue weighted by atomic mass is 32.2. The van der Waals surface area contributed by atoms with Crippen LogP contribution in [-0.2, 0) is 26.1 Å². The van der Waals surface area contributed by atoms with Crippen molar-refractivity contribution in [3.05, 3.63) is 35.4 Å². The van der Waals surface area contributed by atoms with E-state index in [1.54, 1.807) is 18.1 Å². The van der Waals surface area contributed by atoms with Crippen LogP contribution in [0.15, 0.2) is 24.3 Å². The largest absolute Gasteiger partial charge is 0.380 e. The first-order chi connectivity index (χ1) is 12.5. The fraction of sp³-hybridized carbons (Fsp3) is 0.611. The van der Waals surface area contributed by atoms with Crippen LogP contribution in [0.2, 0.25) is 0 Å². The summed E-state index contributed by atoms with van der Waals surface area (Å²) in [6.07, 6.45) is 1.28. The Morgan fingerprint density at radius 2 is 2.04 bits per heavy atom. The van der Waals surface area contributed by atoms with Crippen molar-refractivity contribution in [1.82, 2.24) is 9.21 Å². The molecule has 1 aromatic rings. The number of amides is 1.